The van der Waals surface area contributed by atoms with Gasteiger partial charge in [-0.3, -0.25) is 14.9 Å². The first kappa shape index (κ1) is 15.7. The molecule has 1 aromatic rings. The molecule has 0 saturated heterocycles. The van der Waals surface area contributed by atoms with Gasteiger partial charge in [-0.1, -0.05) is 23.2 Å². The fraction of sp³-hybridized carbons (Fsp3) is 0.273. The van der Waals surface area contributed by atoms with Gasteiger partial charge in [0, 0.05) is 12.1 Å². The number of carbonyl (C=O) groups excluding carboxylic acids is 1. The third kappa shape index (κ3) is 4.34. The molecule has 0 unspecified atom stereocenters. The number of carbonyl (C=O) groups is 1. The first-order valence-corrected chi connectivity index (χ1v) is 6.04. The Morgan fingerprint density at radius 3 is 2.32 bits per heavy atom. The maximum Gasteiger partial charge on any atom is 0.269 e. The van der Waals surface area contributed by atoms with E-state index in [2.05, 4.69) is 12.2 Å². The van der Waals surface area contributed by atoms with Gasteiger partial charge < -0.3 is 10.4 Å². The van der Waals surface area contributed by atoms with E-state index in [1.165, 1.54) is 24.3 Å². The second-order valence-corrected chi connectivity index (χ2v) is 4.81. The van der Waals surface area contributed by atoms with Gasteiger partial charge in [-0.05, 0) is 24.6 Å². The number of non-ortho nitro benzene ring substituents is 1. The number of nitro groups is 1. The van der Waals surface area contributed by atoms with E-state index in [1.54, 1.807) is 0 Å². The molecule has 1 aromatic carbocycles. The molecule has 0 aromatic heterocycles. The van der Waals surface area contributed by atoms with Gasteiger partial charge in [-0.15, -0.1) is 0 Å². The van der Waals surface area contributed by atoms with E-state index in [1.807, 2.05) is 0 Å². The summed E-state index contributed by atoms with van der Waals surface area (Å²) in [5.41, 5.74) is 0.286. The number of alkyl halides is 2. The van der Waals surface area contributed by atoms with E-state index in [-0.39, 0.29) is 5.69 Å². The van der Waals surface area contributed by atoms with Crippen molar-refractivity contribution in [1.82, 2.24) is 5.32 Å². The highest BCUT2D eigenvalue weighted by Gasteiger charge is 2.21. The zero-order valence-corrected chi connectivity index (χ0v) is 11.1. The van der Waals surface area contributed by atoms with Crippen molar-refractivity contribution in [3.05, 3.63) is 46.9 Å². The zero-order valence-electron chi connectivity index (χ0n) is 9.62. The number of halogens is 2. The Morgan fingerprint density at radius 1 is 1.37 bits per heavy atom. The van der Waals surface area contributed by atoms with E-state index in [9.17, 15) is 20.0 Å². The molecule has 0 spiro atoms. The summed E-state index contributed by atoms with van der Waals surface area (Å²) in [5.74, 6) is -0.677. The van der Waals surface area contributed by atoms with Crippen LogP contribution in [-0.2, 0) is 4.79 Å². The van der Waals surface area contributed by atoms with Gasteiger partial charge in [0.15, 0.2) is 4.84 Å². The quantitative estimate of drug-likeness (QED) is 0.492. The molecule has 2 N–H and O–H groups in total. The monoisotopic (exact) mass is 305 g/mol. The van der Waals surface area contributed by atoms with Gasteiger partial charge in [0.05, 0.1) is 17.1 Å². The Morgan fingerprint density at radius 2 is 1.89 bits per heavy atom. The molecule has 0 aliphatic carbocycles. The lowest BCUT2D eigenvalue weighted by atomic mass is 10.0. The smallest absolute Gasteiger partial charge is 0.269 e. The van der Waals surface area contributed by atoms with Crippen LogP contribution in [0.15, 0.2) is 24.3 Å². The highest BCUT2D eigenvalue weighted by Crippen LogP contribution is 2.20. The second kappa shape index (κ2) is 6.70. The molecule has 1 radical (unpaired) electrons. The summed E-state index contributed by atoms with van der Waals surface area (Å²) in [5, 5.41) is 22.7. The average Bonchev–Trinajstić information content (AvgIpc) is 2.37. The van der Waals surface area contributed by atoms with Crippen molar-refractivity contribution < 1.29 is 14.8 Å². The van der Waals surface area contributed by atoms with Crippen LogP contribution >= 0.6 is 23.2 Å². The van der Waals surface area contributed by atoms with Crippen molar-refractivity contribution >= 4 is 34.8 Å². The van der Waals surface area contributed by atoms with Gasteiger partial charge in [0.2, 0.25) is 0 Å². The van der Waals surface area contributed by atoms with Crippen LogP contribution in [0.3, 0.4) is 0 Å². The fourth-order valence-corrected chi connectivity index (χ4v) is 1.48. The fourth-order valence-electron chi connectivity index (χ4n) is 1.35. The largest absolute Gasteiger partial charge is 0.386 e. The number of nitrogens with one attached hydrogen (secondary N) is 1. The number of rotatable bonds is 5. The summed E-state index contributed by atoms with van der Waals surface area (Å²) in [6, 6.07) is 4.38. The molecule has 19 heavy (non-hydrogen) atoms. The van der Waals surface area contributed by atoms with E-state index < -0.39 is 27.8 Å². The van der Waals surface area contributed by atoms with Crippen molar-refractivity contribution in [2.24, 2.45) is 0 Å². The minimum absolute atomic E-state index is 0.0952. The second-order valence-electron chi connectivity index (χ2n) is 3.71. The third-order valence-corrected chi connectivity index (χ3v) is 2.75. The van der Waals surface area contributed by atoms with Gasteiger partial charge in [0.1, 0.15) is 0 Å². The SMILES string of the molecule is [CH2][C@@H](NC(=O)C(Cl)Cl)[C@H](O)c1ccc([N+](=O)[O-])cc1. The van der Waals surface area contributed by atoms with Crippen molar-refractivity contribution in [3.8, 4) is 0 Å². The number of benzene rings is 1. The highest BCUT2D eigenvalue weighted by atomic mass is 35.5. The standard InChI is InChI=1S/C11H11Cl2N2O4/c1-6(14-11(17)10(12)13)9(16)7-2-4-8(5-3-7)15(18)19/h2-6,9-10,16H,1H2,(H,14,17)/t6-,9+/m1/s1. The molecule has 2 atom stereocenters. The van der Waals surface area contributed by atoms with Gasteiger partial charge in [-0.2, -0.15) is 0 Å². The first-order valence-electron chi connectivity index (χ1n) is 5.17. The number of nitro benzene ring substituents is 1. The van der Waals surface area contributed by atoms with Crippen LogP contribution in [-0.4, -0.2) is 26.8 Å². The van der Waals surface area contributed by atoms with Crippen LogP contribution in [0.5, 0.6) is 0 Å². The molecule has 1 amide bonds. The molecular weight excluding hydrogens is 295 g/mol. The average molecular weight is 306 g/mol. The molecule has 103 valence electrons. The first-order chi connectivity index (χ1) is 8.82. The van der Waals surface area contributed by atoms with Crippen LogP contribution in [0.4, 0.5) is 5.69 Å². The number of hydrogen-bond acceptors (Lipinski definition) is 4. The predicted octanol–water partition coefficient (Wildman–Crippen LogP) is 1.75. The third-order valence-electron chi connectivity index (χ3n) is 2.35. The van der Waals surface area contributed by atoms with Crippen LogP contribution in [0.25, 0.3) is 0 Å². The number of amides is 1. The molecule has 0 bridgehead atoms. The zero-order chi connectivity index (χ0) is 14.6. The van der Waals surface area contributed by atoms with E-state index >= 15 is 0 Å². The molecule has 0 saturated carbocycles. The van der Waals surface area contributed by atoms with E-state index in [0.29, 0.717) is 5.56 Å². The summed E-state index contributed by atoms with van der Waals surface area (Å²) in [4.78, 5) is 19.9. The maximum absolute atomic E-state index is 11.2. The van der Waals surface area contributed by atoms with Crippen LogP contribution < -0.4 is 5.32 Å². The molecule has 1 rings (SSSR count). The predicted molar refractivity (Wildman–Crippen MR) is 70.8 cm³/mol. The van der Waals surface area contributed by atoms with Crippen LogP contribution in [0.1, 0.15) is 11.7 Å². The Hall–Kier alpha value is -1.37. The normalized spacial score (nSPS) is 13.9. The van der Waals surface area contributed by atoms with Crippen molar-refractivity contribution in [1.29, 1.82) is 0 Å². The summed E-state index contributed by atoms with van der Waals surface area (Å²) in [6.07, 6.45) is -1.13. The van der Waals surface area contributed by atoms with Gasteiger partial charge in [-0.25, -0.2) is 0 Å². The summed E-state index contributed by atoms with van der Waals surface area (Å²) < 4.78 is 0. The van der Waals surface area contributed by atoms with E-state index in [4.69, 9.17) is 23.2 Å². The van der Waals surface area contributed by atoms with Crippen molar-refractivity contribution in [2.75, 3.05) is 0 Å². The Bertz CT molecular complexity index is 464. The number of nitrogens with zero attached hydrogens (tertiary/aromatic N) is 1. The lowest BCUT2D eigenvalue weighted by Crippen LogP contribution is -2.39. The van der Waals surface area contributed by atoms with Crippen molar-refractivity contribution in [2.45, 2.75) is 17.0 Å². The number of hydrogen-bond donors (Lipinski definition) is 2. The van der Waals surface area contributed by atoms with Crippen LogP contribution in [0.2, 0.25) is 0 Å². The molecule has 0 heterocycles. The van der Waals surface area contributed by atoms with Crippen LogP contribution in [0, 0.1) is 17.0 Å². The lowest BCUT2D eigenvalue weighted by molar-refractivity contribution is -0.384. The van der Waals surface area contributed by atoms with E-state index in [0.717, 1.165) is 0 Å². The number of aliphatic hydroxyl groups excluding tert-OH is 1. The topological polar surface area (TPSA) is 92.5 Å². The Kier molecular flexibility index (Phi) is 5.53. The summed E-state index contributed by atoms with van der Waals surface area (Å²) >= 11 is 10.7. The molecule has 6 nitrogen and oxygen atoms in total. The number of aliphatic hydroxyl groups is 1. The molecule has 0 aliphatic rings. The van der Waals surface area contributed by atoms with Gasteiger partial charge >= 0.3 is 0 Å². The maximum atomic E-state index is 11.2. The Balaban J connectivity index is 2.73. The Labute approximate surface area is 119 Å². The molecular formula is C11H11Cl2N2O4. The molecule has 0 aliphatic heterocycles. The summed E-state index contributed by atoms with van der Waals surface area (Å²) in [6.45, 7) is 3.56. The summed E-state index contributed by atoms with van der Waals surface area (Å²) in [7, 11) is 0. The minimum Gasteiger partial charge on any atom is -0.386 e. The van der Waals surface area contributed by atoms with Gasteiger partial charge in [0.25, 0.3) is 11.6 Å². The minimum atomic E-state index is -1.26. The lowest BCUT2D eigenvalue weighted by Gasteiger charge is -2.20. The molecule has 0 fully saturated rings. The highest BCUT2D eigenvalue weighted by molar-refractivity contribution is 6.53. The van der Waals surface area contributed by atoms with Crippen molar-refractivity contribution in [3.63, 3.8) is 0 Å². The molecule has 8 heteroatoms.